The molecule has 4 aromatic carbocycles. The lowest BCUT2D eigenvalue weighted by atomic mass is 10.3. The topological polar surface area (TPSA) is 75.7 Å². The third kappa shape index (κ3) is 6.10. The first kappa shape index (κ1) is 25.8. The number of carbonyl (C=O) groups excluding carboxylic acids is 1. The van der Waals surface area contributed by atoms with Crippen LogP contribution in [0.1, 0.15) is 0 Å². The fourth-order valence-electron chi connectivity index (χ4n) is 3.47. The second kappa shape index (κ2) is 11.6. The lowest BCUT2D eigenvalue weighted by Crippen LogP contribution is -2.38. The molecular weight excluding hydrogens is 560 g/mol. The van der Waals surface area contributed by atoms with Gasteiger partial charge in [0.1, 0.15) is 17.2 Å². The van der Waals surface area contributed by atoms with Crippen LogP contribution < -0.4 is 14.4 Å². The van der Waals surface area contributed by atoms with Crippen molar-refractivity contribution in [2.24, 2.45) is 0 Å². The monoisotopic (exact) mass is 582 g/mol. The zero-order valence-electron chi connectivity index (χ0n) is 19.3. The van der Waals surface area contributed by atoms with Gasteiger partial charge in [0.05, 0.1) is 18.5 Å². The number of anilines is 2. The van der Waals surface area contributed by atoms with Gasteiger partial charge in [-0.2, -0.15) is 0 Å². The van der Waals surface area contributed by atoms with Gasteiger partial charge in [0.2, 0.25) is 5.91 Å². The zero-order valence-corrected chi connectivity index (χ0v) is 22.5. The van der Waals surface area contributed by atoms with Crippen molar-refractivity contribution < 1.29 is 17.9 Å². The van der Waals surface area contributed by atoms with Gasteiger partial charge < -0.3 is 10.1 Å². The SMILES string of the molecule is COc1ccc(Br)cc1S(=O)(=O)N(CC(=O)Nc1ccccc1Sc1ccccc1)c1ccccc1. The number of sulfonamides is 1. The lowest BCUT2D eigenvalue weighted by molar-refractivity contribution is -0.114. The fourth-order valence-corrected chi connectivity index (χ4v) is 6.52. The molecule has 0 spiro atoms. The van der Waals surface area contributed by atoms with Gasteiger partial charge in [-0.3, -0.25) is 9.10 Å². The van der Waals surface area contributed by atoms with Crippen molar-refractivity contribution in [3.8, 4) is 5.75 Å². The van der Waals surface area contributed by atoms with Crippen LogP contribution in [0.15, 0.2) is 122 Å². The molecule has 0 aliphatic heterocycles. The normalized spacial score (nSPS) is 11.1. The highest BCUT2D eigenvalue weighted by atomic mass is 79.9. The van der Waals surface area contributed by atoms with Gasteiger partial charge >= 0.3 is 0 Å². The Balaban J connectivity index is 1.65. The van der Waals surface area contributed by atoms with Crippen LogP contribution in [0.2, 0.25) is 0 Å². The number of halogens is 1. The van der Waals surface area contributed by atoms with Gasteiger partial charge in [0, 0.05) is 14.3 Å². The van der Waals surface area contributed by atoms with E-state index in [4.69, 9.17) is 4.74 Å². The summed E-state index contributed by atoms with van der Waals surface area (Å²) in [6.07, 6.45) is 0. The summed E-state index contributed by atoms with van der Waals surface area (Å²) in [7, 11) is -2.75. The number of nitrogens with one attached hydrogen (secondary N) is 1. The van der Waals surface area contributed by atoms with E-state index in [-0.39, 0.29) is 10.6 Å². The molecule has 36 heavy (non-hydrogen) atoms. The van der Waals surface area contributed by atoms with E-state index in [2.05, 4.69) is 21.2 Å². The van der Waals surface area contributed by atoms with Crippen LogP contribution in [0.4, 0.5) is 11.4 Å². The van der Waals surface area contributed by atoms with E-state index in [1.165, 1.54) is 24.9 Å². The Bertz CT molecular complexity index is 1450. The molecule has 9 heteroatoms. The average Bonchev–Trinajstić information content (AvgIpc) is 2.89. The van der Waals surface area contributed by atoms with Gasteiger partial charge in [0.15, 0.2) is 0 Å². The van der Waals surface area contributed by atoms with E-state index in [1.807, 2.05) is 48.5 Å². The standard InChI is InChI=1S/C27H23BrN2O4S2/c1-34-24-17-16-20(28)18-26(24)36(32,33)30(21-10-4-2-5-11-21)19-27(31)29-23-14-8-9-15-25(23)35-22-12-6-3-7-13-22/h2-18H,19H2,1H3,(H,29,31). The van der Waals surface area contributed by atoms with E-state index in [1.54, 1.807) is 48.5 Å². The van der Waals surface area contributed by atoms with Crippen molar-refractivity contribution in [1.29, 1.82) is 0 Å². The smallest absolute Gasteiger partial charge is 0.268 e. The van der Waals surface area contributed by atoms with Crippen molar-refractivity contribution in [3.05, 3.63) is 108 Å². The Morgan fingerprint density at radius 1 is 0.917 bits per heavy atom. The number of benzene rings is 4. The number of hydrogen-bond donors (Lipinski definition) is 1. The third-order valence-corrected chi connectivity index (χ3v) is 8.53. The molecule has 0 heterocycles. The minimum absolute atomic E-state index is 0.0453. The number of rotatable bonds is 9. The van der Waals surface area contributed by atoms with Crippen molar-refractivity contribution in [2.75, 3.05) is 23.3 Å². The number of ether oxygens (including phenoxy) is 1. The van der Waals surface area contributed by atoms with Crippen molar-refractivity contribution >= 4 is 55.0 Å². The Morgan fingerprint density at radius 3 is 2.25 bits per heavy atom. The predicted octanol–water partition coefficient (Wildman–Crippen LogP) is 6.44. The number of methoxy groups -OCH3 is 1. The largest absolute Gasteiger partial charge is 0.495 e. The number of para-hydroxylation sites is 2. The Morgan fingerprint density at radius 2 is 1.56 bits per heavy atom. The molecule has 0 bridgehead atoms. The van der Waals surface area contributed by atoms with Crippen molar-refractivity contribution in [2.45, 2.75) is 14.7 Å². The third-order valence-electron chi connectivity index (χ3n) is 5.16. The first-order valence-electron chi connectivity index (χ1n) is 10.9. The number of amides is 1. The van der Waals surface area contributed by atoms with Crippen LogP contribution in [-0.2, 0) is 14.8 Å². The predicted molar refractivity (Wildman–Crippen MR) is 147 cm³/mol. The van der Waals surface area contributed by atoms with E-state index in [9.17, 15) is 13.2 Å². The molecule has 0 fully saturated rings. The summed E-state index contributed by atoms with van der Waals surface area (Å²) in [6.45, 7) is -0.424. The highest BCUT2D eigenvalue weighted by molar-refractivity contribution is 9.10. The van der Waals surface area contributed by atoms with Crippen LogP contribution in [-0.4, -0.2) is 28.0 Å². The molecule has 4 rings (SSSR count). The molecular formula is C27H23BrN2O4S2. The summed E-state index contributed by atoms with van der Waals surface area (Å²) >= 11 is 4.85. The second-order valence-electron chi connectivity index (χ2n) is 7.60. The average molecular weight is 584 g/mol. The van der Waals surface area contributed by atoms with Crippen LogP contribution in [0.3, 0.4) is 0 Å². The molecule has 184 valence electrons. The Kier molecular flexibility index (Phi) is 8.35. The van der Waals surface area contributed by atoms with Gasteiger partial charge in [-0.25, -0.2) is 8.42 Å². The van der Waals surface area contributed by atoms with E-state index in [0.717, 1.165) is 14.1 Å². The maximum absolute atomic E-state index is 13.8. The first-order valence-corrected chi connectivity index (χ1v) is 14.0. The zero-order chi connectivity index (χ0) is 25.5. The molecule has 0 aromatic heterocycles. The molecule has 0 unspecified atom stereocenters. The van der Waals surface area contributed by atoms with Crippen molar-refractivity contribution in [1.82, 2.24) is 0 Å². The lowest BCUT2D eigenvalue weighted by Gasteiger charge is -2.25. The molecule has 0 radical (unpaired) electrons. The maximum atomic E-state index is 13.8. The van der Waals surface area contributed by atoms with E-state index < -0.39 is 22.5 Å². The summed E-state index contributed by atoms with van der Waals surface area (Å²) in [6, 6.07) is 30.5. The molecule has 6 nitrogen and oxygen atoms in total. The highest BCUT2D eigenvalue weighted by Gasteiger charge is 2.30. The van der Waals surface area contributed by atoms with Crippen LogP contribution >= 0.6 is 27.7 Å². The molecule has 1 amide bonds. The Labute approximate surface area is 223 Å². The van der Waals surface area contributed by atoms with Gasteiger partial charge in [-0.1, -0.05) is 76.2 Å². The maximum Gasteiger partial charge on any atom is 0.268 e. The summed E-state index contributed by atoms with van der Waals surface area (Å²) in [5, 5.41) is 2.89. The minimum Gasteiger partial charge on any atom is -0.495 e. The molecule has 0 aliphatic carbocycles. The molecule has 1 N–H and O–H groups in total. The quantitative estimate of drug-likeness (QED) is 0.245. The fraction of sp³-hybridized carbons (Fsp3) is 0.0741. The molecule has 0 saturated heterocycles. The summed E-state index contributed by atoms with van der Waals surface area (Å²) in [5.41, 5.74) is 0.962. The van der Waals surface area contributed by atoms with Crippen LogP contribution in [0.25, 0.3) is 0 Å². The van der Waals surface area contributed by atoms with E-state index >= 15 is 0 Å². The highest BCUT2D eigenvalue weighted by Crippen LogP contribution is 2.34. The number of hydrogen-bond acceptors (Lipinski definition) is 5. The molecule has 4 aromatic rings. The minimum atomic E-state index is -4.15. The number of carbonyl (C=O) groups is 1. The first-order chi connectivity index (χ1) is 17.4. The van der Waals surface area contributed by atoms with E-state index in [0.29, 0.717) is 15.8 Å². The molecule has 0 atom stereocenters. The van der Waals surface area contributed by atoms with Gasteiger partial charge in [0.25, 0.3) is 10.0 Å². The van der Waals surface area contributed by atoms with Gasteiger partial charge in [-0.05, 0) is 54.6 Å². The summed E-state index contributed by atoms with van der Waals surface area (Å²) in [5.74, 6) is -0.290. The molecule has 0 aliphatic rings. The van der Waals surface area contributed by atoms with Crippen molar-refractivity contribution in [3.63, 3.8) is 0 Å². The summed E-state index contributed by atoms with van der Waals surface area (Å²) in [4.78, 5) is 15.1. The van der Waals surface area contributed by atoms with Gasteiger partial charge in [-0.15, -0.1) is 0 Å². The summed E-state index contributed by atoms with van der Waals surface area (Å²) < 4.78 is 34.6. The Hall–Kier alpha value is -3.27. The molecule has 0 saturated carbocycles. The second-order valence-corrected chi connectivity index (χ2v) is 11.5. The van der Waals surface area contributed by atoms with Crippen LogP contribution in [0, 0.1) is 0 Å². The van der Waals surface area contributed by atoms with Crippen LogP contribution in [0.5, 0.6) is 5.75 Å². The number of nitrogens with zero attached hydrogens (tertiary/aromatic N) is 1.